The van der Waals surface area contributed by atoms with E-state index in [1.165, 1.54) is 6.08 Å². The van der Waals surface area contributed by atoms with Crippen molar-refractivity contribution in [1.82, 2.24) is 5.16 Å². The van der Waals surface area contributed by atoms with Crippen molar-refractivity contribution < 1.29 is 14.1 Å². The molecule has 1 heterocycles. The maximum Gasteiger partial charge on any atom is 0.330 e. The summed E-state index contributed by atoms with van der Waals surface area (Å²) in [5.74, 6) is 0.343. The average molecular weight is 195 g/mol. The molecule has 1 aromatic rings. The van der Waals surface area contributed by atoms with E-state index < -0.39 is 0 Å². The predicted molar refractivity (Wildman–Crippen MR) is 51.6 cm³/mol. The Balaban J connectivity index is 2.73. The molecule has 4 nitrogen and oxygen atoms in total. The van der Waals surface area contributed by atoms with Crippen molar-refractivity contribution in [3.05, 3.63) is 23.1 Å². The molecule has 0 radical (unpaired) electrons. The van der Waals surface area contributed by atoms with Crippen LogP contribution in [0.1, 0.15) is 23.9 Å². The summed E-state index contributed by atoms with van der Waals surface area (Å²) in [5.41, 5.74) is 1.60. The lowest BCUT2D eigenvalue weighted by Crippen LogP contribution is -1.98. The molecule has 76 valence electrons. The molecule has 0 atom stereocenters. The average Bonchev–Trinajstić information content (AvgIpc) is 2.44. The molecule has 0 saturated heterocycles. The number of rotatable bonds is 3. The lowest BCUT2D eigenvalue weighted by atomic mass is 10.2. The summed E-state index contributed by atoms with van der Waals surface area (Å²) in [6.45, 7) is 5.76. The Morgan fingerprint density at radius 1 is 1.57 bits per heavy atom. The molecule has 0 aromatic carbocycles. The fourth-order valence-electron chi connectivity index (χ4n) is 1.07. The van der Waals surface area contributed by atoms with Crippen molar-refractivity contribution in [2.24, 2.45) is 0 Å². The lowest BCUT2D eigenvalue weighted by Gasteiger charge is -1.94. The van der Waals surface area contributed by atoms with E-state index in [4.69, 9.17) is 9.26 Å². The molecule has 0 fully saturated rings. The van der Waals surface area contributed by atoms with Crippen LogP contribution in [0.4, 0.5) is 0 Å². The zero-order valence-corrected chi connectivity index (χ0v) is 8.53. The van der Waals surface area contributed by atoms with Crippen LogP contribution in [0.15, 0.2) is 10.6 Å². The number of carbonyl (C=O) groups excluding carboxylic acids is 1. The molecule has 0 saturated carbocycles. The first-order chi connectivity index (χ1) is 6.65. The van der Waals surface area contributed by atoms with Crippen molar-refractivity contribution in [2.45, 2.75) is 20.8 Å². The fourth-order valence-corrected chi connectivity index (χ4v) is 1.07. The van der Waals surface area contributed by atoms with E-state index in [-0.39, 0.29) is 5.97 Å². The molecule has 0 unspecified atom stereocenters. The second-order valence-electron chi connectivity index (χ2n) is 2.82. The highest BCUT2D eigenvalue weighted by molar-refractivity contribution is 5.87. The summed E-state index contributed by atoms with van der Waals surface area (Å²) < 4.78 is 9.68. The first kappa shape index (κ1) is 10.5. The van der Waals surface area contributed by atoms with Gasteiger partial charge in [0.05, 0.1) is 12.3 Å². The number of hydrogen-bond donors (Lipinski definition) is 0. The minimum Gasteiger partial charge on any atom is -0.463 e. The molecule has 0 aliphatic heterocycles. The number of aryl methyl sites for hydroxylation is 2. The van der Waals surface area contributed by atoms with Gasteiger partial charge in [-0.05, 0) is 26.8 Å². The van der Waals surface area contributed by atoms with Crippen LogP contribution >= 0.6 is 0 Å². The molecule has 1 aromatic heterocycles. The van der Waals surface area contributed by atoms with Gasteiger partial charge >= 0.3 is 5.97 Å². The van der Waals surface area contributed by atoms with Crippen LogP contribution in [0.3, 0.4) is 0 Å². The third-order valence-corrected chi connectivity index (χ3v) is 1.76. The molecular weight excluding hydrogens is 182 g/mol. The SMILES string of the molecule is CCOC(=O)/C=C\c1c(C)noc1C. The second kappa shape index (κ2) is 4.60. The van der Waals surface area contributed by atoms with Gasteiger partial charge in [-0.3, -0.25) is 0 Å². The van der Waals surface area contributed by atoms with E-state index >= 15 is 0 Å². The van der Waals surface area contributed by atoms with Gasteiger partial charge in [0.2, 0.25) is 0 Å². The molecule has 4 heteroatoms. The molecule has 1 rings (SSSR count). The van der Waals surface area contributed by atoms with Gasteiger partial charge in [-0.2, -0.15) is 0 Å². The quantitative estimate of drug-likeness (QED) is 0.545. The fraction of sp³-hybridized carbons (Fsp3) is 0.400. The Morgan fingerprint density at radius 3 is 2.79 bits per heavy atom. The molecule has 0 amide bonds. The zero-order chi connectivity index (χ0) is 10.6. The van der Waals surface area contributed by atoms with Crippen LogP contribution in [0.5, 0.6) is 0 Å². The highest BCUT2D eigenvalue weighted by Gasteiger charge is 2.05. The predicted octanol–water partition coefficient (Wildman–Crippen LogP) is 1.87. The van der Waals surface area contributed by atoms with Gasteiger partial charge in [-0.15, -0.1) is 0 Å². The maximum atomic E-state index is 11.0. The van der Waals surface area contributed by atoms with E-state index in [1.807, 2.05) is 6.92 Å². The summed E-state index contributed by atoms with van der Waals surface area (Å²) in [6.07, 6.45) is 3.02. The van der Waals surface area contributed by atoms with E-state index in [9.17, 15) is 4.79 Å². The minimum absolute atomic E-state index is 0.354. The van der Waals surface area contributed by atoms with Gasteiger partial charge < -0.3 is 9.26 Å². The largest absolute Gasteiger partial charge is 0.463 e. The monoisotopic (exact) mass is 195 g/mol. The Bertz CT molecular complexity index is 333. The first-order valence-electron chi connectivity index (χ1n) is 4.43. The van der Waals surface area contributed by atoms with Gasteiger partial charge in [0.1, 0.15) is 5.76 Å². The van der Waals surface area contributed by atoms with E-state index in [1.54, 1.807) is 19.9 Å². The molecule has 0 spiro atoms. The van der Waals surface area contributed by atoms with Crippen molar-refractivity contribution >= 4 is 12.0 Å². The summed E-state index contributed by atoms with van der Waals surface area (Å²) in [5, 5.41) is 3.76. The molecule has 0 aliphatic rings. The molecular formula is C10H13NO3. The third kappa shape index (κ3) is 2.45. The first-order valence-corrected chi connectivity index (χ1v) is 4.43. The van der Waals surface area contributed by atoms with Gasteiger partial charge in [0.15, 0.2) is 0 Å². The van der Waals surface area contributed by atoms with E-state index in [2.05, 4.69) is 5.16 Å². The normalized spacial score (nSPS) is 10.8. The van der Waals surface area contributed by atoms with Crippen LogP contribution in [0.25, 0.3) is 6.08 Å². The minimum atomic E-state index is -0.354. The Morgan fingerprint density at radius 2 is 2.29 bits per heavy atom. The van der Waals surface area contributed by atoms with Gasteiger partial charge in [-0.1, -0.05) is 5.16 Å². The number of carbonyl (C=O) groups is 1. The molecule has 0 aliphatic carbocycles. The summed E-state index contributed by atoms with van der Waals surface area (Å²) in [7, 11) is 0. The Hall–Kier alpha value is -1.58. The van der Waals surface area contributed by atoms with Crippen molar-refractivity contribution in [3.63, 3.8) is 0 Å². The third-order valence-electron chi connectivity index (χ3n) is 1.76. The van der Waals surface area contributed by atoms with Crippen LogP contribution in [0, 0.1) is 13.8 Å². The smallest absolute Gasteiger partial charge is 0.330 e. The number of hydrogen-bond acceptors (Lipinski definition) is 4. The van der Waals surface area contributed by atoms with Crippen molar-refractivity contribution in [2.75, 3.05) is 6.61 Å². The standard InChI is InChI=1S/C10H13NO3/c1-4-13-10(12)6-5-9-7(2)11-14-8(9)3/h5-6H,4H2,1-3H3/b6-5-. The summed E-state index contributed by atoms with van der Waals surface area (Å²) in [4.78, 5) is 11.0. The molecule has 14 heavy (non-hydrogen) atoms. The number of aromatic nitrogens is 1. The number of esters is 1. The van der Waals surface area contributed by atoms with Crippen LogP contribution in [-0.2, 0) is 9.53 Å². The highest BCUT2D eigenvalue weighted by Crippen LogP contribution is 2.13. The number of ether oxygens (including phenoxy) is 1. The highest BCUT2D eigenvalue weighted by atomic mass is 16.5. The van der Waals surface area contributed by atoms with Crippen LogP contribution < -0.4 is 0 Å². The van der Waals surface area contributed by atoms with Gasteiger partial charge in [0.25, 0.3) is 0 Å². The molecule has 0 N–H and O–H groups in total. The maximum absolute atomic E-state index is 11.0. The van der Waals surface area contributed by atoms with Crippen molar-refractivity contribution in [3.8, 4) is 0 Å². The van der Waals surface area contributed by atoms with E-state index in [0.29, 0.717) is 12.4 Å². The number of nitrogens with zero attached hydrogens (tertiary/aromatic N) is 1. The zero-order valence-electron chi connectivity index (χ0n) is 8.53. The Kier molecular flexibility index (Phi) is 3.45. The lowest BCUT2D eigenvalue weighted by molar-refractivity contribution is -0.137. The van der Waals surface area contributed by atoms with Crippen LogP contribution in [0.2, 0.25) is 0 Å². The second-order valence-corrected chi connectivity index (χ2v) is 2.82. The van der Waals surface area contributed by atoms with E-state index in [0.717, 1.165) is 11.3 Å². The van der Waals surface area contributed by atoms with Crippen molar-refractivity contribution in [1.29, 1.82) is 0 Å². The topological polar surface area (TPSA) is 52.3 Å². The Labute approximate surface area is 82.5 Å². The van der Waals surface area contributed by atoms with Gasteiger partial charge in [0, 0.05) is 11.6 Å². The van der Waals surface area contributed by atoms with Gasteiger partial charge in [-0.25, -0.2) is 4.79 Å². The van der Waals surface area contributed by atoms with Crippen LogP contribution in [-0.4, -0.2) is 17.7 Å². The summed E-state index contributed by atoms with van der Waals surface area (Å²) >= 11 is 0. The summed E-state index contributed by atoms with van der Waals surface area (Å²) in [6, 6.07) is 0. The molecule has 0 bridgehead atoms.